The van der Waals surface area contributed by atoms with Crippen LogP contribution in [0, 0.1) is 0 Å². The highest BCUT2D eigenvalue weighted by atomic mass is 32.2. The van der Waals surface area contributed by atoms with Crippen LogP contribution in [-0.2, 0) is 16.5 Å². The highest BCUT2D eigenvalue weighted by Crippen LogP contribution is 2.53. The molecule has 0 aliphatic carbocycles. The molecule has 24 heavy (non-hydrogen) atoms. The number of benzene rings is 1. The lowest BCUT2D eigenvalue weighted by molar-refractivity contribution is -0.395. The Morgan fingerprint density at radius 3 is 1.54 bits per heavy atom. The third-order valence-electron chi connectivity index (χ3n) is 2.86. The van der Waals surface area contributed by atoms with Crippen molar-refractivity contribution in [2.45, 2.75) is 35.3 Å². The molecule has 1 aromatic carbocycles. The van der Waals surface area contributed by atoms with E-state index in [1.165, 1.54) is 0 Å². The first-order chi connectivity index (χ1) is 10.4. The SMILES string of the molecule is O=S(=O)(O)c1ccc(CC(F)(F)C(F)(F)C(F)(F)C(F)(F)F)cc1. The topological polar surface area (TPSA) is 54.4 Å². The Bertz CT molecular complexity index is 692. The first kappa shape index (κ1) is 20.5. The standard InChI is InChI=1S/C11H7F9O3S/c12-8(13,9(14,15)10(16,17)11(18,19)20)5-6-1-3-7(4-2-6)24(21,22)23/h1-4H,5H2,(H,21,22,23). The first-order valence-corrected chi connectivity index (χ1v) is 7.14. The van der Waals surface area contributed by atoms with Crippen molar-refractivity contribution < 1.29 is 52.5 Å². The van der Waals surface area contributed by atoms with Gasteiger partial charge in [0.1, 0.15) is 0 Å². The van der Waals surface area contributed by atoms with Gasteiger partial charge in [-0.2, -0.15) is 47.9 Å². The number of halogens is 9. The minimum Gasteiger partial charge on any atom is -0.282 e. The summed E-state index contributed by atoms with van der Waals surface area (Å²) in [5.41, 5.74) is -0.856. The second-order valence-electron chi connectivity index (χ2n) is 4.65. The Balaban J connectivity index is 3.17. The van der Waals surface area contributed by atoms with Gasteiger partial charge in [-0.1, -0.05) is 12.1 Å². The van der Waals surface area contributed by atoms with E-state index in [0.29, 0.717) is 24.3 Å². The summed E-state index contributed by atoms with van der Waals surface area (Å²) in [6, 6.07) is 1.89. The minimum atomic E-state index is -6.99. The van der Waals surface area contributed by atoms with Crippen molar-refractivity contribution >= 4 is 10.1 Å². The Hall–Kier alpha value is -1.50. The molecule has 3 nitrogen and oxygen atoms in total. The van der Waals surface area contributed by atoms with Crippen molar-refractivity contribution in [2.24, 2.45) is 0 Å². The van der Waals surface area contributed by atoms with E-state index in [0.717, 1.165) is 0 Å². The van der Waals surface area contributed by atoms with Gasteiger partial charge in [0, 0.05) is 6.42 Å². The third kappa shape index (κ3) is 3.61. The van der Waals surface area contributed by atoms with E-state index >= 15 is 0 Å². The quantitative estimate of drug-likeness (QED) is 0.612. The van der Waals surface area contributed by atoms with Gasteiger partial charge in [0.05, 0.1) is 4.90 Å². The van der Waals surface area contributed by atoms with Gasteiger partial charge in [-0.3, -0.25) is 4.55 Å². The average Bonchev–Trinajstić information content (AvgIpc) is 2.35. The predicted octanol–water partition coefficient (Wildman–Crippen LogP) is 3.94. The van der Waals surface area contributed by atoms with Gasteiger partial charge in [-0.25, -0.2) is 0 Å². The molecule has 138 valence electrons. The van der Waals surface area contributed by atoms with Crippen LogP contribution in [0.15, 0.2) is 29.2 Å². The Kier molecular flexibility index (Phi) is 4.96. The van der Waals surface area contributed by atoms with Crippen LogP contribution in [-0.4, -0.2) is 36.9 Å². The molecule has 0 amide bonds. The fourth-order valence-corrected chi connectivity index (χ4v) is 2.03. The largest absolute Gasteiger partial charge is 0.460 e. The van der Waals surface area contributed by atoms with Crippen molar-refractivity contribution in [3.63, 3.8) is 0 Å². The second-order valence-corrected chi connectivity index (χ2v) is 6.07. The van der Waals surface area contributed by atoms with Crippen LogP contribution in [0.1, 0.15) is 5.56 Å². The van der Waals surface area contributed by atoms with E-state index in [2.05, 4.69) is 0 Å². The molecular formula is C11H7F9O3S. The summed E-state index contributed by atoms with van der Waals surface area (Å²) in [7, 11) is -4.74. The molecule has 0 aliphatic heterocycles. The van der Waals surface area contributed by atoms with Crippen LogP contribution in [0.3, 0.4) is 0 Å². The molecule has 0 unspecified atom stereocenters. The lowest BCUT2D eigenvalue weighted by atomic mass is 9.97. The molecule has 0 bridgehead atoms. The van der Waals surface area contributed by atoms with Crippen LogP contribution < -0.4 is 0 Å². The van der Waals surface area contributed by atoms with Gasteiger partial charge < -0.3 is 0 Å². The van der Waals surface area contributed by atoms with Gasteiger partial charge >= 0.3 is 23.9 Å². The van der Waals surface area contributed by atoms with Crippen LogP contribution in [0.25, 0.3) is 0 Å². The van der Waals surface area contributed by atoms with Crippen molar-refractivity contribution in [3.8, 4) is 0 Å². The Morgan fingerprint density at radius 1 is 0.792 bits per heavy atom. The summed E-state index contributed by atoms with van der Waals surface area (Å²) in [5.74, 6) is -19.5. The summed E-state index contributed by atoms with van der Waals surface area (Å²) in [5, 5.41) is 0. The fourth-order valence-electron chi connectivity index (χ4n) is 1.55. The first-order valence-electron chi connectivity index (χ1n) is 5.70. The lowest BCUT2D eigenvalue weighted by Crippen LogP contribution is -2.61. The zero-order valence-corrected chi connectivity index (χ0v) is 11.9. The molecule has 0 saturated heterocycles. The second kappa shape index (κ2) is 5.79. The summed E-state index contributed by atoms with van der Waals surface area (Å²) in [6.45, 7) is 0. The summed E-state index contributed by atoms with van der Waals surface area (Å²) in [6.07, 6.45) is -9.13. The van der Waals surface area contributed by atoms with E-state index in [1.54, 1.807) is 0 Å². The maximum atomic E-state index is 13.4. The lowest BCUT2D eigenvalue weighted by Gasteiger charge is -2.33. The van der Waals surface area contributed by atoms with Crippen LogP contribution in [0.5, 0.6) is 0 Å². The third-order valence-corrected chi connectivity index (χ3v) is 3.72. The molecule has 0 radical (unpaired) electrons. The molecule has 0 aliphatic rings. The average molecular weight is 390 g/mol. The van der Waals surface area contributed by atoms with E-state index in [-0.39, 0.29) is 0 Å². The summed E-state index contributed by atoms with van der Waals surface area (Å²) < 4.78 is 144. The molecule has 13 heteroatoms. The summed E-state index contributed by atoms with van der Waals surface area (Å²) >= 11 is 0. The van der Waals surface area contributed by atoms with Gasteiger partial charge in [0.25, 0.3) is 10.1 Å². The maximum Gasteiger partial charge on any atom is 0.460 e. The molecule has 1 N–H and O–H groups in total. The number of rotatable bonds is 5. The molecule has 1 aromatic rings. The molecule has 0 heterocycles. The van der Waals surface area contributed by atoms with Crippen molar-refractivity contribution in [1.29, 1.82) is 0 Å². The number of hydrogen-bond acceptors (Lipinski definition) is 2. The highest BCUT2D eigenvalue weighted by Gasteiger charge is 2.81. The van der Waals surface area contributed by atoms with Crippen molar-refractivity contribution in [1.82, 2.24) is 0 Å². The van der Waals surface area contributed by atoms with E-state index < -0.39 is 50.9 Å². The van der Waals surface area contributed by atoms with Gasteiger partial charge in [0.2, 0.25) is 0 Å². The molecule has 0 fully saturated rings. The summed E-state index contributed by atoms with van der Waals surface area (Å²) in [4.78, 5) is -0.818. The van der Waals surface area contributed by atoms with Gasteiger partial charge in [-0.15, -0.1) is 0 Å². The van der Waals surface area contributed by atoms with Crippen LogP contribution in [0.2, 0.25) is 0 Å². The Labute approximate surface area is 128 Å². The van der Waals surface area contributed by atoms with Crippen LogP contribution in [0.4, 0.5) is 39.5 Å². The molecule has 0 spiro atoms. The van der Waals surface area contributed by atoms with Crippen molar-refractivity contribution in [3.05, 3.63) is 29.8 Å². The smallest absolute Gasteiger partial charge is 0.282 e. The zero-order chi connectivity index (χ0) is 19.2. The van der Waals surface area contributed by atoms with E-state index in [4.69, 9.17) is 4.55 Å². The highest BCUT2D eigenvalue weighted by molar-refractivity contribution is 7.85. The van der Waals surface area contributed by atoms with E-state index in [1.807, 2.05) is 0 Å². The molecular weight excluding hydrogens is 383 g/mol. The maximum absolute atomic E-state index is 13.4. The fraction of sp³-hybridized carbons (Fsp3) is 0.455. The van der Waals surface area contributed by atoms with Crippen LogP contribution >= 0.6 is 0 Å². The van der Waals surface area contributed by atoms with Gasteiger partial charge in [0.15, 0.2) is 0 Å². The molecule has 0 atom stereocenters. The van der Waals surface area contributed by atoms with E-state index in [9.17, 15) is 47.9 Å². The van der Waals surface area contributed by atoms with Crippen molar-refractivity contribution in [2.75, 3.05) is 0 Å². The normalized spacial score (nSPS) is 14.8. The van der Waals surface area contributed by atoms with Gasteiger partial charge in [-0.05, 0) is 17.7 Å². The minimum absolute atomic E-state index is 0.457. The Morgan fingerprint density at radius 2 is 1.21 bits per heavy atom. The number of hydrogen-bond donors (Lipinski definition) is 1. The number of alkyl halides is 9. The monoisotopic (exact) mass is 390 g/mol. The molecule has 0 saturated carbocycles. The molecule has 0 aromatic heterocycles. The molecule has 1 rings (SSSR count). The zero-order valence-electron chi connectivity index (χ0n) is 11.1. The predicted molar refractivity (Wildman–Crippen MR) is 60.9 cm³/mol.